The van der Waals surface area contributed by atoms with E-state index in [2.05, 4.69) is 17.2 Å². The Labute approximate surface area is 203 Å². The zero-order valence-corrected chi connectivity index (χ0v) is 19.7. The number of hydrogen-bond acceptors (Lipinski definition) is 7. The first-order chi connectivity index (χ1) is 16.5. The highest BCUT2D eigenvalue weighted by Gasteiger charge is 2.27. The van der Waals surface area contributed by atoms with Crippen molar-refractivity contribution in [1.82, 2.24) is 15.5 Å². The number of amides is 2. The number of rotatable bonds is 10. The van der Waals surface area contributed by atoms with Gasteiger partial charge in [-0.25, -0.2) is 0 Å². The van der Waals surface area contributed by atoms with Gasteiger partial charge in [-0.3, -0.25) is 24.6 Å². The summed E-state index contributed by atoms with van der Waals surface area (Å²) in [4.78, 5) is 37.8. The topological polar surface area (TPSA) is 149 Å². The van der Waals surface area contributed by atoms with Crippen molar-refractivity contribution in [2.24, 2.45) is 0 Å². The van der Waals surface area contributed by atoms with Crippen molar-refractivity contribution >= 4 is 23.2 Å². The van der Waals surface area contributed by atoms with Crippen molar-refractivity contribution in [2.75, 3.05) is 6.54 Å². The molecule has 10 nitrogen and oxygen atoms in total. The van der Waals surface area contributed by atoms with Crippen LogP contribution in [0.15, 0.2) is 66.6 Å². The number of benzene rings is 2. The van der Waals surface area contributed by atoms with Gasteiger partial charge in [0.25, 0.3) is 11.6 Å². The minimum Gasteiger partial charge on any atom is -0.510 e. The van der Waals surface area contributed by atoms with Crippen molar-refractivity contribution in [1.29, 1.82) is 5.26 Å². The molecule has 0 aliphatic heterocycles. The van der Waals surface area contributed by atoms with Gasteiger partial charge in [-0.1, -0.05) is 30.8 Å². The molecule has 2 aromatic rings. The van der Waals surface area contributed by atoms with Gasteiger partial charge >= 0.3 is 0 Å². The molecule has 2 rings (SSSR count). The molecule has 10 heteroatoms. The molecule has 35 heavy (non-hydrogen) atoms. The van der Waals surface area contributed by atoms with Crippen LogP contribution < -0.4 is 10.6 Å². The number of carbonyl (C=O) groups is 2. The molecule has 2 aromatic carbocycles. The van der Waals surface area contributed by atoms with Crippen LogP contribution in [0.3, 0.4) is 0 Å². The van der Waals surface area contributed by atoms with Crippen molar-refractivity contribution in [3.8, 4) is 6.07 Å². The summed E-state index contributed by atoms with van der Waals surface area (Å²) < 4.78 is 0. The summed E-state index contributed by atoms with van der Waals surface area (Å²) in [6, 6.07) is 13.9. The molecular weight excluding hydrogens is 450 g/mol. The van der Waals surface area contributed by atoms with Crippen molar-refractivity contribution < 1.29 is 19.6 Å². The zero-order valence-electron chi connectivity index (χ0n) is 19.7. The average molecular weight is 478 g/mol. The van der Waals surface area contributed by atoms with Crippen LogP contribution in [-0.4, -0.2) is 39.3 Å². The van der Waals surface area contributed by atoms with Crippen LogP contribution in [0.25, 0.3) is 5.70 Å². The molecule has 0 atom stereocenters. The molecule has 0 heterocycles. The van der Waals surface area contributed by atoms with E-state index < -0.39 is 23.3 Å². The molecule has 0 fully saturated rings. The van der Waals surface area contributed by atoms with Gasteiger partial charge in [-0.15, -0.1) is 0 Å². The first kappa shape index (κ1) is 26.6. The predicted molar refractivity (Wildman–Crippen MR) is 130 cm³/mol. The second-order valence-electron chi connectivity index (χ2n) is 8.00. The number of carbonyl (C=O) groups excluding carboxylic acids is 2. The van der Waals surface area contributed by atoms with Crippen molar-refractivity contribution in [2.45, 2.75) is 33.4 Å². The minimum atomic E-state index is -0.679. The minimum absolute atomic E-state index is 0.0101. The van der Waals surface area contributed by atoms with Crippen LogP contribution in [0.5, 0.6) is 0 Å². The fraction of sp³-hybridized carbons (Fsp3) is 0.240. The number of nitrogens with one attached hydrogen (secondary N) is 2. The van der Waals surface area contributed by atoms with E-state index in [1.165, 1.54) is 31.2 Å². The van der Waals surface area contributed by atoms with Crippen LogP contribution in [0, 0.1) is 21.4 Å². The maximum absolute atomic E-state index is 13.3. The molecule has 3 N–H and O–H groups in total. The maximum atomic E-state index is 13.3. The summed E-state index contributed by atoms with van der Waals surface area (Å²) in [7, 11) is 0. The van der Waals surface area contributed by atoms with Gasteiger partial charge in [0.1, 0.15) is 12.3 Å². The number of aliphatic hydroxyl groups is 1. The quantitative estimate of drug-likeness (QED) is 0.206. The molecule has 0 radical (unpaired) electrons. The number of hydrogen-bond donors (Lipinski definition) is 3. The second kappa shape index (κ2) is 12.0. The van der Waals surface area contributed by atoms with E-state index in [9.17, 15) is 24.8 Å². The predicted octanol–water partition coefficient (Wildman–Crippen LogP) is 3.37. The normalized spacial score (nSPS) is 11.2. The first-order valence-electron chi connectivity index (χ1n) is 10.7. The monoisotopic (exact) mass is 477 g/mol. The van der Waals surface area contributed by atoms with E-state index in [-0.39, 0.29) is 41.0 Å². The van der Waals surface area contributed by atoms with Crippen molar-refractivity contribution in [3.05, 3.63) is 93.4 Å². The Kier molecular flexibility index (Phi) is 9.12. The van der Waals surface area contributed by atoms with E-state index in [4.69, 9.17) is 5.26 Å². The molecule has 182 valence electrons. The number of allylic oxidation sites excluding steroid dienone is 1. The third-order valence-electron chi connectivity index (χ3n) is 4.78. The molecule has 2 amide bonds. The summed E-state index contributed by atoms with van der Waals surface area (Å²) in [6.45, 7) is 8.34. The van der Waals surface area contributed by atoms with E-state index in [1.807, 2.05) is 19.9 Å². The fourth-order valence-corrected chi connectivity index (χ4v) is 3.25. The number of nitriles is 1. The number of aliphatic hydroxyl groups excluding tert-OH is 1. The van der Waals surface area contributed by atoms with E-state index in [0.717, 1.165) is 10.5 Å². The summed E-state index contributed by atoms with van der Waals surface area (Å²) in [6.07, 6.45) is 0. The third-order valence-corrected chi connectivity index (χ3v) is 4.78. The van der Waals surface area contributed by atoms with Gasteiger partial charge in [0.15, 0.2) is 0 Å². The largest absolute Gasteiger partial charge is 0.510 e. The van der Waals surface area contributed by atoms with Crippen LogP contribution in [-0.2, 0) is 16.1 Å². The number of nitro groups is 1. The lowest BCUT2D eigenvalue weighted by Crippen LogP contribution is -2.43. The Hall–Kier alpha value is -4.65. The Morgan fingerprint density at radius 2 is 1.89 bits per heavy atom. The fourth-order valence-electron chi connectivity index (χ4n) is 3.25. The van der Waals surface area contributed by atoms with E-state index in [0.29, 0.717) is 5.56 Å². The Morgan fingerprint density at radius 1 is 1.23 bits per heavy atom. The van der Waals surface area contributed by atoms with Crippen molar-refractivity contribution in [3.63, 3.8) is 0 Å². The lowest BCUT2D eigenvalue weighted by molar-refractivity contribution is -0.384. The summed E-state index contributed by atoms with van der Waals surface area (Å²) in [5, 5.41) is 36.2. The summed E-state index contributed by atoms with van der Waals surface area (Å²) in [5.41, 5.74) is 1.11. The molecule has 0 unspecified atom stereocenters. The molecular formula is C25H27N5O5. The number of non-ortho nitro benzene ring substituents is 1. The lowest BCUT2D eigenvalue weighted by atomic mass is 10.1. The van der Waals surface area contributed by atoms with Crippen LogP contribution in [0.2, 0.25) is 0 Å². The van der Waals surface area contributed by atoms with Gasteiger partial charge in [-0.05, 0) is 38.5 Å². The second-order valence-corrected chi connectivity index (χ2v) is 8.00. The van der Waals surface area contributed by atoms with Gasteiger partial charge in [0.2, 0.25) is 5.91 Å². The molecule has 0 spiro atoms. The van der Waals surface area contributed by atoms with Gasteiger partial charge in [0, 0.05) is 30.3 Å². The lowest BCUT2D eigenvalue weighted by Gasteiger charge is -2.27. The highest BCUT2D eigenvalue weighted by molar-refractivity contribution is 6.01. The highest BCUT2D eigenvalue weighted by atomic mass is 16.6. The molecule has 0 aliphatic rings. The smallest absolute Gasteiger partial charge is 0.274 e. The molecule has 0 saturated carbocycles. The van der Waals surface area contributed by atoms with Gasteiger partial charge in [-0.2, -0.15) is 5.26 Å². The van der Waals surface area contributed by atoms with Gasteiger partial charge in [0.05, 0.1) is 28.0 Å². The Bertz CT molecular complexity index is 1190. The molecule has 0 aliphatic carbocycles. The molecule has 0 aromatic heterocycles. The number of nitro benzene ring substituents is 1. The molecule has 0 saturated heterocycles. The summed E-state index contributed by atoms with van der Waals surface area (Å²) in [5.74, 6) is -1.53. The van der Waals surface area contributed by atoms with Crippen LogP contribution in [0.1, 0.15) is 37.5 Å². The standard InChI is InChI=1S/C25H27N5O5/c1-16(2)28-17(3)25(33)29(15-23(32)27-14-20-10-8-19(13-26)9-11-20)24(18(4)31)21-6-5-7-22(12-21)30(34)35/h5-12,16,28,31H,3,14-15H2,1-2,4H3,(H,27,32)/b24-18+. The third kappa shape index (κ3) is 7.43. The van der Waals surface area contributed by atoms with E-state index >= 15 is 0 Å². The Balaban J connectivity index is 2.36. The van der Waals surface area contributed by atoms with Crippen LogP contribution >= 0.6 is 0 Å². The molecule has 0 bridgehead atoms. The maximum Gasteiger partial charge on any atom is 0.274 e. The Morgan fingerprint density at radius 3 is 2.43 bits per heavy atom. The highest BCUT2D eigenvalue weighted by Crippen LogP contribution is 2.26. The average Bonchev–Trinajstić information content (AvgIpc) is 2.81. The first-order valence-corrected chi connectivity index (χ1v) is 10.7. The SMILES string of the molecule is C=C(NC(C)C)C(=O)N(CC(=O)NCc1ccc(C#N)cc1)/C(=C(\C)O)c1cccc([N+](=O)[O-])c1. The van der Waals surface area contributed by atoms with Gasteiger partial charge < -0.3 is 15.7 Å². The van der Waals surface area contributed by atoms with E-state index in [1.54, 1.807) is 24.3 Å². The zero-order chi connectivity index (χ0) is 26.1. The summed E-state index contributed by atoms with van der Waals surface area (Å²) >= 11 is 0. The number of nitrogens with zero attached hydrogens (tertiary/aromatic N) is 3. The van der Waals surface area contributed by atoms with Crippen LogP contribution in [0.4, 0.5) is 5.69 Å².